The van der Waals surface area contributed by atoms with Crippen molar-refractivity contribution in [1.82, 2.24) is 35.9 Å². The molecule has 2 saturated carbocycles. The molecule has 320 valence electrons. The first-order valence-corrected chi connectivity index (χ1v) is 21.2. The number of ether oxygens (including phenoxy) is 1. The maximum atomic E-state index is 14.1. The molecule has 6 unspecified atom stereocenters. The van der Waals surface area contributed by atoms with Gasteiger partial charge in [-0.1, -0.05) is 151 Å². The Bertz CT molecular complexity index is 2560. The third-order valence-electron chi connectivity index (χ3n) is 12.5. The van der Waals surface area contributed by atoms with Crippen molar-refractivity contribution in [2.24, 2.45) is 16.6 Å². The molecule has 12 nitrogen and oxygen atoms in total. The van der Waals surface area contributed by atoms with E-state index in [1.807, 2.05) is 99.8 Å². The van der Waals surface area contributed by atoms with Gasteiger partial charge < -0.3 is 36.4 Å². The molecule has 0 spiro atoms. The van der Waals surface area contributed by atoms with Crippen LogP contribution in [0.4, 0.5) is 4.79 Å². The second kappa shape index (κ2) is 16.1. The maximum Gasteiger partial charge on any atom is 0.407 e. The molecule has 0 bridgehead atoms. The van der Waals surface area contributed by atoms with E-state index in [4.69, 9.17) is 20.4 Å². The van der Waals surface area contributed by atoms with E-state index in [-0.39, 0.29) is 35.1 Å². The number of methoxy groups -OCH3 is 1. The number of carbonyl (C=O) groups excluding carboxylic acids is 3. The number of benzene rings is 4. The molecule has 2 aliphatic carbocycles. The summed E-state index contributed by atoms with van der Waals surface area (Å²) in [5.74, 6) is 0.653. The van der Waals surface area contributed by atoms with Crippen LogP contribution in [-0.2, 0) is 14.3 Å². The van der Waals surface area contributed by atoms with Gasteiger partial charge in [-0.15, -0.1) is 0 Å². The number of H-pyrrole nitrogens is 2. The standard InChI is InChI=1S/C50H56N8O4/c1-47(2,3)40(56-44(59)49(51)26-36(49)32-14-10-8-11-15-32)42-52-28-38(54-42)34-22-18-30(19-23-34)31-20-24-35(25-21-31)39-29-53-43(55-39)41(48(4,5)6)57-45(60)50(58-46(61)62-7)27-37(50)33-16-12-9-13-17-33/h8-25,28-29,36-37,40-41H,26-27,51H2,1-7H3,(H,52,54)(H,53,55)(H,56,59)(H,57,60)(H,58,61). The summed E-state index contributed by atoms with van der Waals surface area (Å²) in [6.07, 6.45) is 4.01. The number of rotatable bonds is 12. The van der Waals surface area contributed by atoms with Gasteiger partial charge >= 0.3 is 6.09 Å². The third kappa shape index (κ3) is 8.39. The Kier molecular flexibility index (Phi) is 10.9. The third-order valence-corrected chi connectivity index (χ3v) is 12.5. The highest BCUT2D eigenvalue weighted by molar-refractivity contribution is 5.95. The highest BCUT2D eigenvalue weighted by Crippen LogP contribution is 2.53. The Morgan fingerprint density at radius 1 is 0.629 bits per heavy atom. The number of nitrogens with two attached hydrogens (primary N) is 1. The van der Waals surface area contributed by atoms with Crippen LogP contribution in [-0.4, -0.2) is 56.0 Å². The zero-order valence-corrected chi connectivity index (χ0v) is 36.4. The lowest BCUT2D eigenvalue weighted by molar-refractivity contribution is -0.126. The molecular formula is C50H56N8O4. The summed E-state index contributed by atoms with van der Waals surface area (Å²) < 4.78 is 4.91. The molecule has 0 radical (unpaired) electrons. The molecule has 8 rings (SSSR count). The molecule has 2 fully saturated rings. The summed E-state index contributed by atoms with van der Waals surface area (Å²) in [6.45, 7) is 12.4. The monoisotopic (exact) mass is 832 g/mol. The first-order chi connectivity index (χ1) is 29.5. The maximum absolute atomic E-state index is 14.1. The Morgan fingerprint density at radius 2 is 1.05 bits per heavy atom. The predicted molar refractivity (Wildman–Crippen MR) is 241 cm³/mol. The Hall–Kier alpha value is -6.53. The van der Waals surface area contributed by atoms with Crippen LogP contribution >= 0.6 is 0 Å². The fraction of sp³-hybridized carbons (Fsp3) is 0.340. The zero-order chi connectivity index (χ0) is 44.0. The fourth-order valence-corrected chi connectivity index (χ4v) is 8.52. The van der Waals surface area contributed by atoms with Gasteiger partial charge in [0, 0.05) is 11.8 Å². The molecule has 62 heavy (non-hydrogen) atoms. The molecule has 0 saturated heterocycles. The summed E-state index contributed by atoms with van der Waals surface area (Å²) in [7, 11) is 1.30. The minimum atomic E-state index is -1.13. The van der Waals surface area contributed by atoms with Gasteiger partial charge in [0.15, 0.2) is 0 Å². The van der Waals surface area contributed by atoms with Crippen molar-refractivity contribution in [2.75, 3.05) is 7.11 Å². The van der Waals surface area contributed by atoms with Gasteiger partial charge in [-0.05, 0) is 57.1 Å². The van der Waals surface area contributed by atoms with Crippen molar-refractivity contribution in [2.45, 2.75) is 89.4 Å². The second-order valence-corrected chi connectivity index (χ2v) is 19.0. The van der Waals surface area contributed by atoms with Crippen molar-refractivity contribution in [3.05, 3.63) is 144 Å². The average Bonchev–Trinajstić information content (AvgIpc) is 3.98. The van der Waals surface area contributed by atoms with Gasteiger partial charge in [-0.2, -0.15) is 0 Å². The number of hydrogen-bond donors (Lipinski definition) is 6. The van der Waals surface area contributed by atoms with Crippen LogP contribution in [0.3, 0.4) is 0 Å². The summed E-state index contributed by atoms with van der Waals surface area (Å²) in [5.41, 5.74) is 11.6. The Balaban J connectivity index is 0.936. The minimum absolute atomic E-state index is 0.00811. The van der Waals surface area contributed by atoms with Crippen molar-refractivity contribution in [3.8, 4) is 33.6 Å². The van der Waals surface area contributed by atoms with E-state index in [1.54, 1.807) is 6.20 Å². The van der Waals surface area contributed by atoms with Gasteiger partial charge in [-0.3, -0.25) is 9.59 Å². The van der Waals surface area contributed by atoms with Crippen LogP contribution in [0.1, 0.15) is 101 Å². The molecule has 2 aromatic heterocycles. The quantitative estimate of drug-likeness (QED) is 0.0714. The number of aromatic amines is 2. The van der Waals surface area contributed by atoms with Crippen LogP contribution in [0, 0.1) is 10.8 Å². The van der Waals surface area contributed by atoms with Crippen molar-refractivity contribution in [1.29, 1.82) is 0 Å². The van der Waals surface area contributed by atoms with Gasteiger partial charge in [0.05, 0.1) is 43.0 Å². The molecule has 12 heteroatoms. The van der Waals surface area contributed by atoms with Crippen LogP contribution in [0.25, 0.3) is 33.6 Å². The van der Waals surface area contributed by atoms with E-state index in [0.29, 0.717) is 24.5 Å². The van der Waals surface area contributed by atoms with E-state index < -0.39 is 28.6 Å². The summed E-state index contributed by atoms with van der Waals surface area (Å²) in [5, 5.41) is 9.29. The highest BCUT2D eigenvalue weighted by atomic mass is 16.5. The lowest BCUT2D eigenvalue weighted by Crippen LogP contribution is -2.52. The number of hydrogen-bond acceptors (Lipinski definition) is 7. The molecule has 0 aliphatic heterocycles. The van der Waals surface area contributed by atoms with Crippen LogP contribution in [0.2, 0.25) is 0 Å². The lowest BCUT2D eigenvalue weighted by Gasteiger charge is -2.32. The molecule has 2 heterocycles. The number of nitrogens with one attached hydrogen (secondary N) is 5. The Labute approximate surface area is 362 Å². The van der Waals surface area contributed by atoms with Crippen molar-refractivity contribution >= 4 is 17.9 Å². The molecular weight excluding hydrogens is 777 g/mol. The SMILES string of the molecule is COC(=O)NC1(C(=O)NC(c2ncc(-c3ccc(-c4ccc(-c5cnc(C(NC(=O)C6(N)CC6c6ccccc6)C(C)(C)C)[nH]5)cc4)cc3)[nH]2)C(C)(C)C)CC1c1ccccc1. The van der Waals surface area contributed by atoms with E-state index in [0.717, 1.165) is 44.8 Å². The van der Waals surface area contributed by atoms with Crippen molar-refractivity contribution in [3.63, 3.8) is 0 Å². The van der Waals surface area contributed by atoms with Crippen LogP contribution in [0.15, 0.2) is 122 Å². The average molecular weight is 833 g/mol. The van der Waals surface area contributed by atoms with E-state index >= 15 is 0 Å². The van der Waals surface area contributed by atoms with E-state index in [1.165, 1.54) is 7.11 Å². The molecule has 6 aromatic rings. The summed E-state index contributed by atoms with van der Waals surface area (Å²) >= 11 is 0. The molecule has 7 N–H and O–H groups in total. The van der Waals surface area contributed by atoms with Gasteiger partial charge in [0.25, 0.3) is 0 Å². The van der Waals surface area contributed by atoms with Crippen LogP contribution in [0.5, 0.6) is 0 Å². The number of carbonyl (C=O) groups is 3. The normalized spacial score (nSPS) is 21.6. The predicted octanol–water partition coefficient (Wildman–Crippen LogP) is 8.71. The number of nitrogens with zero attached hydrogens (tertiary/aromatic N) is 2. The van der Waals surface area contributed by atoms with Gasteiger partial charge in [-0.25, -0.2) is 14.8 Å². The first-order valence-electron chi connectivity index (χ1n) is 21.2. The lowest BCUT2D eigenvalue weighted by atomic mass is 9.85. The van der Waals surface area contributed by atoms with Gasteiger partial charge in [0.2, 0.25) is 11.8 Å². The first kappa shape index (κ1) is 42.2. The largest absolute Gasteiger partial charge is 0.453 e. The fourth-order valence-electron chi connectivity index (χ4n) is 8.52. The molecule has 6 atom stereocenters. The zero-order valence-electron chi connectivity index (χ0n) is 36.4. The molecule has 3 amide bonds. The minimum Gasteiger partial charge on any atom is -0.453 e. The number of amides is 3. The topological polar surface area (TPSA) is 180 Å². The van der Waals surface area contributed by atoms with Crippen molar-refractivity contribution < 1.29 is 19.1 Å². The summed E-state index contributed by atoms with van der Waals surface area (Å²) in [4.78, 5) is 56.5. The number of imidazole rings is 2. The van der Waals surface area contributed by atoms with Gasteiger partial charge in [0.1, 0.15) is 22.7 Å². The number of alkyl carbamates (subject to hydrolysis) is 1. The Morgan fingerprint density at radius 3 is 1.48 bits per heavy atom. The summed E-state index contributed by atoms with van der Waals surface area (Å²) in [6, 6.07) is 35.4. The smallest absolute Gasteiger partial charge is 0.407 e. The number of aromatic nitrogens is 4. The van der Waals surface area contributed by atoms with Crippen LogP contribution < -0.4 is 21.7 Å². The van der Waals surface area contributed by atoms with E-state index in [2.05, 4.69) is 83.1 Å². The highest BCUT2D eigenvalue weighted by Gasteiger charge is 2.63. The second-order valence-electron chi connectivity index (χ2n) is 19.0. The van der Waals surface area contributed by atoms with E-state index in [9.17, 15) is 14.4 Å². The molecule has 4 aromatic carbocycles. The molecule has 2 aliphatic rings.